The number of hydrogen-bond acceptors (Lipinski definition) is 4. The molecule has 0 radical (unpaired) electrons. The molecule has 4 heteroatoms. The predicted octanol–water partition coefficient (Wildman–Crippen LogP) is 4.28. The summed E-state index contributed by atoms with van der Waals surface area (Å²) >= 11 is 1.89. The van der Waals surface area contributed by atoms with E-state index in [1.807, 2.05) is 11.3 Å². The Morgan fingerprint density at radius 1 is 1.40 bits per heavy atom. The third-order valence-corrected chi connectivity index (χ3v) is 5.59. The Kier molecular flexibility index (Phi) is 5.85. The van der Waals surface area contributed by atoms with Crippen molar-refractivity contribution in [2.24, 2.45) is 0 Å². The summed E-state index contributed by atoms with van der Waals surface area (Å²) in [7, 11) is 0. The quantitative estimate of drug-likeness (QED) is 0.878. The fourth-order valence-corrected chi connectivity index (χ4v) is 4.15. The topological polar surface area (TPSA) is 28.2 Å². The summed E-state index contributed by atoms with van der Waals surface area (Å²) in [5.74, 6) is 0. The molecule has 0 saturated carbocycles. The highest BCUT2D eigenvalue weighted by atomic mass is 32.1. The smallest absolute Gasteiger partial charge is 0.186 e. The fourth-order valence-electron chi connectivity index (χ4n) is 2.93. The number of hydrogen-bond donors (Lipinski definition) is 1. The van der Waals surface area contributed by atoms with E-state index in [1.165, 1.54) is 54.4 Å². The summed E-state index contributed by atoms with van der Waals surface area (Å²) in [5, 5.41) is 4.81. The first kappa shape index (κ1) is 15.8. The molecule has 2 unspecified atom stereocenters. The molecule has 1 aromatic rings. The Morgan fingerprint density at radius 3 is 2.95 bits per heavy atom. The number of nitrogens with one attached hydrogen (secondary N) is 1. The molecule has 2 atom stereocenters. The normalized spacial score (nSPS) is 21.8. The van der Waals surface area contributed by atoms with Crippen molar-refractivity contribution in [1.29, 1.82) is 0 Å². The molecule has 1 aliphatic heterocycles. The largest absolute Gasteiger partial charge is 0.345 e. The Hall–Kier alpha value is -0.610. The summed E-state index contributed by atoms with van der Waals surface area (Å²) in [6, 6.07) is 1.05. The van der Waals surface area contributed by atoms with Crippen molar-refractivity contribution in [3.63, 3.8) is 0 Å². The summed E-state index contributed by atoms with van der Waals surface area (Å²) < 4.78 is 0. The third kappa shape index (κ3) is 3.73. The first-order chi connectivity index (χ1) is 9.63. The lowest BCUT2D eigenvalue weighted by Gasteiger charge is -2.26. The zero-order chi connectivity index (χ0) is 14.5. The van der Waals surface area contributed by atoms with E-state index in [4.69, 9.17) is 4.98 Å². The van der Waals surface area contributed by atoms with Gasteiger partial charge in [-0.1, -0.05) is 19.8 Å². The van der Waals surface area contributed by atoms with Crippen LogP contribution in [0.4, 0.5) is 5.13 Å². The molecule has 1 aromatic heterocycles. The molecule has 1 N–H and O–H groups in total. The van der Waals surface area contributed by atoms with Crippen molar-refractivity contribution < 1.29 is 0 Å². The lowest BCUT2D eigenvalue weighted by Crippen LogP contribution is -2.32. The molecule has 1 saturated heterocycles. The van der Waals surface area contributed by atoms with Crippen LogP contribution in [0.2, 0.25) is 0 Å². The highest BCUT2D eigenvalue weighted by Crippen LogP contribution is 2.33. The summed E-state index contributed by atoms with van der Waals surface area (Å²) in [6.45, 7) is 11.2. The van der Waals surface area contributed by atoms with E-state index >= 15 is 0 Å². The summed E-state index contributed by atoms with van der Waals surface area (Å²) in [6.07, 6.45) is 6.52. The van der Waals surface area contributed by atoms with Crippen LogP contribution in [0, 0.1) is 6.92 Å². The van der Waals surface area contributed by atoms with Gasteiger partial charge in [0.2, 0.25) is 0 Å². The van der Waals surface area contributed by atoms with Crippen molar-refractivity contribution in [2.75, 3.05) is 18.0 Å². The molecule has 1 aliphatic rings. The van der Waals surface area contributed by atoms with Gasteiger partial charge in [-0.15, -0.1) is 11.3 Å². The van der Waals surface area contributed by atoms with Crippen molar-refractivity contribution in [1.82, 2.24) is 10.3 Å². The van der Waals surface area contributed by atoms with Crippen LogP contribution in [0.25, 0.3) is 0 Å². The number of anilines is 1. The van der Waals surface area contributed by atoms with Crippen molar-refractivity contribution in [3.8, 4) is 0 Å². The first-order valence-electron chi connectivity index (χ1n) is 8.10. The molecular weight excluding hydrogens is 266 g/mol. The zero-order valence-corrected chi connectivity index (χ0v) is 14.2. The molecule has 1 fully saturated rings. The lowest BCUT2D eigenvalue weighted by atomic mass is 10.1. The van der Waals surface area contributed by atoms with Crippen LogP contribution < -0.4 is 10.2 Å². The summed E-state index contributed by atoms with van der Waals surface area (Å²) in [4.78, 5) is 8.80. The number of nitrogens with zero attached hydrogens (tertiary/aromatic N) is 2. The highest BCUT2D eigenvalue weighted by molar-refractivity contribution is 7.15. The van der Waals surface area contributed by atoms with Gasteiger partial charge in [-0.2, -0.15) is 0 Å². The number of rotatable bonds is 5. The molecule has 114 valence electrons. The van der Waals surface area contributed by atoms with Crippen molar-refractivity contribution in [3.05, 3.63) is 10.6 Å². The van der Waals surface area contributed by atoms with E-state index in [0.29, 0.717) is 12.1 Å². The Labute approximate surface area is 127 Å². The second-order valence-electron chi connectivity index (χ2n) is 6.01. The molecular formula is C16H29N3S. The standard InChI is InChI=1S/C16H29N3S/c1-5-10-17-13(3)15-14(4)18-16(20-15)19-11-8-6-7-9-12(19)2/h12-13,17H,5-11H2,1-4H3. The van der Waals surface area contributed by atoms with Gasteiger partial charge in [-0.3, -0.25) is 0 Å². The van der Waals surface area contributed by atoms with Gasteiger partial charge in [0, 0.05) is 23.5 Å². The fraction of sp³-hybridized carbons (Fsp3) is 0.812. The van der Waals surface area contributed by atoms with Crippen molar-refractivity contribution in [2.45, 2.75) is 71.9 Å². The minimum Gasteiger partial charge on any atom is -0.345 e. The molecule has 0 bridgehead atoms. The van der Waals surface area contributed by atoms with Crippen LogP contribution >= 0.6 is 11.3 Å². The van der Waals surface area contributed by atoms with E-state index in [1.54, 1.807) is 0 Å². The van der Waals surface area contributed by atoms with E-state index in [-0.39, 0.29) is 0 Å². The lowest BCUT2D eigenvalue weighted by molar-refractivity contribution is 0.575. The maximum atomic E-state index is 4.86. The van der Waals surface area contributed by atoms with Gasteiger partial charge in [0.25, 0.3) is 0 Å². The minimum absolute atomic E-state index is 0.420. The zero-order valence-electron chi connectivity index (χ0n) is 13.4. The van der Waals surface area contributed by atoms with Gasteiger partial charge >= 0.3 is 0 Å². The van der Waals surface area contributed by atoms with Crippen LogP contribution in [0.3, 0.4) is 0 Å². The maximum absolute atomic E-state index is 4.86. The second kappa shape index (κ2) is 7.41. The van der Waals surface area contributed by atoms with Crippen LogP contribution in [0.1, 0.15) is 69.5 Å². The second-order valence-corrected chi connectivity index (χ2v) is 7.02. The van der Waals surface area contributed by atoms with Gasteiger partial charge in [0.1, 0.15) is 0 Å². The maximum Gasteiger partial charge on any atom is 0.186 e. The van der Waals surface area contributed by atoms with E-state index in [2.05, 4.69) is 37.9 Å². The van der Waals surface area contributed by atoms with Gasteiger partial charge in [0.15, 0.2) is 5.13 Å². The molecule has 2 heterocycles. The number of aryl methyl sites for hydroxylation is 1. The molecule has 0 aromatic carbocycles. The SMILES string of the molecule is CCCNC(C)c1sc(N2CCCCCC2C)nc1C. The van der Waals surface area contributed by atoms with E-state index < -0.39 is 0 Å². The van der Waals surface area contributed by atoms with Crippen molar-refractivity contribution >= 4 is 16.5 Å². The first-order valence-corrected chi connectivity index (χ1v) is 8.92. The van der Waals surface area contributed by atoms with Crippen LogP contribution in [0.5, 0.6) is 0 Å². The Balaban J connectivity index is 2.12. The third-order valence-electron chi connectivity index (χ3n) is 4.21. The van der Waals surface area contributed by atoms with Crippen LogP contribution in [-0.4, -0.2) is 24.1 Å². The van der Waals surface area contributed by atoms with Gasteiger partial charge < -0.3 is 10.2 Å². The Morgan fingerprint density at radius 2 is 2.20 bits per heavy atom. The van der Waals surface area contributed by atoms with E-state index in [9.17, 15) is 0 Å². The van der Waals surface area contributed by atoms with Gasteiger partial charge in [-0.25, -0.2) is 4.98 Å². The molecule has 3 nitrogen and oxygen atoms in total. The average Bonchev–Trinajstić information content (AvgIpc) is 2.68. The monoisotopic (exact) mass is 295 g/mol. The molecule has 20 heavy (non-hydrogen) atoms. The average molecular weight is 295 g/mol. The number of aromatic nitrogens is 1. The molecule has 2 rings (SSSR count). The minimum atomic E-state index is 0.420. The molecule has 0 spiro atoms. The number of thiazole rings is 1. The van der Waals surface area contributed by atoms with Crippen LogP contribution in [0.15, 0.2) is 0 Å². The van der Waals surface area contributed by atoms with E-state index in [0.717, 1.165) is 6.54 Å². The highest BCUT2D eigenvalue weighted by Gasteiger charge is 2.22. The summed E-state index contributed by atoms with van der Waals surface area (Å²) in [5.41, 5.74) is 1.21. The van der Waals surface area contributed by atoms with Gasteiger partial charge in [-0.05, 0) is 46.6 Å². The van der Waals surface area contributed by atoms with Crippen LogP contribution in [-0.2, 0) is 0 Å². The van der Waals surface area contributed by atoms with Gasteiger partial charge in [0.05, 0.1) is 5.69 Å². The Bertz CT molecular complexity index is 416. The molecule has 0 aliphatic carbocycles. The predicted molar refractivity (Wildman–Crippen MR) is 88.8 cm³/mol. The molecule has 0 amide bonds.